The Kier molecular flexibility index (Phi) is 5.69. The van der Waals surface area contributed by atoms with Crippen LogP contribution in [0.4, 0.5) is 0 Å². The van der Waals surface area contributed by atoms with Gasteiger partial charge in [0, 0.05) is 30.5 Å². The number of benzene rings is 2. The van der Waals surface area contributed by atoms with Crippen molar-refractivity contribution in [1.29, 1.82) is 0 Å². The van der Waals surface area contributed by atoms with Crippen molar-refractivity contribution >= 4 is 17.6 Å². The van der Waals surface area contributed by atoms with Crippen LogP contribution in [0, 0.1) is 0 Å². The van der Waals surface area contributed by atoms with Gasteiger partial charge < -0.3 is 4.74 Å². The van der Waals surface area contributed by atoms with Crippen LogP contribution in [0.5, 0.6) is 0 Å². The number of ether oxygens (including phenoxy) is 1. The Morgan fingerprint density at radius 1 is 1.20 bits per heavy atom. The highest BCUT2D eigenvalue weighted by atomic mass is 35.5. The molecule has 1 aliphatic carbocycles. The molecule has 4 nitrogen and oxygen atoms in total. The molecule has 0 amide bonds. The Morgan fingerprint density at radius 2 is 1.93 bits per heavy atom. The lowest BCUT2D eigenvalue weighted by atomic mass is 9.92. The van der Waals surface area contributed by atoms with Crippen LogP contribution in [-0.4, -0.2) is 54.3 Å². The van der Waals surface area contributed by atoms with E-state index in [0.29, 0.717) is 18.7 Å². The topological polar surface area (TPSA) is 29.5 Å². The van der Waals surface area contributed by atoms with E-state index in [1.807, 2.05) is 6.07 Å². The van der Waals surface area contributed by atoms with Crippen molar-refractivity contribution in [2.75, 3.05) is 33.4 Å². The molecule has 0 bridgehead atoms. The molecule has 1 saturated heterocycles. The van der Waals surface area contributed by atoms with E-state index in [4.69, 9.17) is 16.3 Å². The maximum absolute atomic E-state index is 11.4. The second-order valence-corrected chi connectivity index (χ2v) is 10.1. The van der Waals surface area contributed by atoms with Crippen molar-refractivity contribution in [3.63, 3.8) is 0 Å². The van der Waals surface area contributed by atoms with Gasteiger partial charge in [-0.25, -0.2) is 0 Å². The van der Waals surface area contributed by atoms with Gasteiger partial charge in [0.2, 0.25) is 6.73 Å². The summed E-state index contributed by atoms with van der Waals surface area (Å²) in [5.74, 6) is 0.188. The van der Waals surface area contributed by atoms with Crippen molar-refractivity contribution in [2.45, 2.75) is 44.7 Å². The number of likely N-dealkylation sites (N-methyl/N-ethyl adjacent to an activating group) is 1. The first-order valence-electron chi connectivity index (χ1n) is 10.8. The van der Waals surface area contributed by atoms with E-state index in [2.05, 4.69) is 68.3 Å². The van der Waals surface area contributed by atoms with Gasteiger partial charge in [-0.15, -0.1) is 0 Å². The largest absolute Gasteiger partial charge is 0.415 e. The molecule has 2 aromatic carbocycles. The minimum Gasteiger partial charge on any atom is -0.415 e. The predicted octanol–water partition coefficient (Wildman–Crippen LogP) is 4.98. The van der Waals surface area contributed by atoms with Crippen LogP contribution in [-0.2, 0) is 9.53 Å². The van der Waals surface area contributed by atoms with Crippen LogP contribution in [0.25, 0.3) is 0 Å². The molecule has 4 rings (SSSR count). The van der Waals surface area contributed by atoms with Crippen LogP contribution in [0.3, 0.4) is 0 Å². The van der Waals surface area contributed by atoms with Gasteiger partial charge in [-0.2, -0.15) is 0 Å². The smallest absolute Gasteiger partial charge is 0.306 e. The molecule has 0 saturated carbocycles. The zero-order chi connectivity index (χ0) is 21.5. The summed E-state index contributed by atoms with van der Waals surface area (Å²) in [6.07, 6.45) is 1.07. The summed E-state index contributed by atoms with van der Waals surface area (Å²) in [5.41, 5.74) is 4.10. The lowest BCUT2D eigenvalue weighted by Crippen LogP contribution is -2.70. The number of hydrogen-bond donors (Lipinski definition) is 0. The molecular formula is C25H32ClN2O2+. The highest BCUT2D eigenvalue weighted by molar-refractivity contribution is 6.30. The zero-order valence-corrected chi connectivity index (χ0v) is 19.2. The predicted molar refractivity (Wildman–Crippen MR) is 120 cm³/mol. The fourth-order valence-electron chi connectivity index (χ4n) is 5.11. The fourth-order valence-corrected chi connectivity index (χ4v) is 5.29. The van der Waals surface area contributed by atoms with E-state index in [-0.39, 0.29) is 11.5 Å². The van der Waals surface area contributed by atoms with E-state index < -0.39 is 0 Å². The van der Waals surface area contributed by atoms with E-state index >= 15 is 0 Å². The maximum Gasteiger partial charge on any atom is 0.306 e. The molecule has 0 aromatic heterocycles. The first kappa shape index (κ1) is 21.4. The minimum absolute atomic E-state index is 0.0305. The number of esters is 1. The Morgan fingerprint density at radius 3 is 2.60 bits per heavy atom. The van der Waals surface area contributed by atoms with E-state index in [1.54, 1.807) is 0 Å². The number of fused-ring (bicyclic) bond motifs is 1. The number of hydrogen-bond acceptors (Lipinski definition) is 3. The molecule has 1 heterocycles. The van der Waals surface area contributed by atoms with E-state index in [0.717, 1.165) is 35.6 Å². The van der Waals surface area contributed by atoms with Gasteiger partial charge in [0.05, 0.1) is 20.1 Å². The molecule has 30 heavy (non-hydrogen) atoms. The number of halogens is 1. The zero-order valence-electron chi connectivity index (χ0n) is 18.4. The minimum atomic E-state index is -0.211. The Balaban J connectivity index is 1.61. The molecule has 1 aliphatic heterocycles. The molecule has 3 atom stereocenters. The van der Waals surface area contributed by atoms with Crippen LogP contribution in [0.15, 0.2) is 48.5 Å². The van der Waals surface area contributed by atoms with Crippen molar-refractivity contribution < 1.29 is 14.0 Å². The number of carbonyl (C=O) groups is 1. The van der Waals surface area contributed by atoms with Gasteiger partial charge in [-0.05, 0) is 49.1 Å². The Labute approximate surface area is 185 Å². The summed E-state index contributed by atoms with van der Waals surface area (Å²) in [7, 11) is 2.20. The number of piperazine rings is 1. The van der Waals surface area contributed by atoms with Crippen molar-refractivity contribution in [3.8, 4) is 0 Å². The normalized spacial score (nSPS) is 28.2. The van der Waals surface area contributed by atoms with Gasteiger partial charge in [-0.3, -0.25) is 14.2 Å². The second kappa shape index (κ2) is 7.99. The van der Waals surface area contributed by atoms with Crippen molar-refractivity contribution in [1.82, 2.24) is 4.90 Å². The molecule has 0 unspecified atom stereocenters. The highest BCUT2D eigenvalue weighted by Crippen LogP contribution is 2.48. The molecule has 0 spiro atoms. The molecule has 2 aliphatic rings. The molecule has 160 valence electrons. The average molecular weight is 428 g/mol. The van der Waals surface area contributed by atoms with Gasteiger partial charge in [0.15, 0.2) is 0 Å². The molecule has 2 aromatic rings. The molecule has 0 N–H and O–H groups in total. The lowest BCUT2D eigenvalue weighted by molar-refractivity contribution is -0.974. The molecule has 1 fully saturated rings. The van der Waals surface area contributed by atoms with E-state index in [1.165, 1.54) is 23.6 Å². The third kappa shape index (κ3) is 3.89. The van der Waals surface area contributed by atoms with Crippen molar-refractivity contribution in [3.05, 3.63) is 70.2 Å². The van der Waals surface area contributed by atoms with Gasteiger partial charge >= 0.3 is 5.97 Å². The van der Waals surface area contributed by atoms with Crippen molar-refractivity contribution in [2.24, 2.45) is 0 Å². The summed E-state index contributed by atoms with van der Waals surface area (Å²) >= 11 is 6.42. The third-order valence-electron chi connectivity index (χ3n) is 7.37. The maximum atomic E-state index is 11.4. The van der Waals surface area contributed by atoms with Gasteiger partial charge in [0.1, 0.15) is 5.54 Å². The van der Waals surface area contributed by atoms with Gasteiger partial charge in [0.25, 0.3) is 0 Å². The molecule has 0 radical (unpaired) electrons. The average Bonchev–Trinajstić information content (AvgIpc) is 3.08. The van der Waals surface area contributed by atoms with Gasteiger partial charge in [-0.1, -0.05) is 48.0 Å². The summed E-state index contributed by atoms with van der Waals surface area (Å²) in [5, 5.41) is 0.805. The first-order chi connectivity index (χ1) is 14.2. The number of nitrogens with zero attached hydrogens (tertiary/aromatic N) is 2. The molecular weight excluding hydrogens is 396 g/mol. The summed E-state index contributed by atoms with van der Waals surface area (Å²) in [4.78, 5) is 14.0. The highest BCUT2D eigenvalue weighted by Gasteiger charge is 2.49. The number of quaternary nitrogens is 1. The SMILES string of the molecule is CC(=O)OC[N@+]1(C)CCN([C@@H]2C[C@@H](c3ccccc3)c3ccc(Cl)cc32)CC1(C)C. The molecule has 5 heteroatoms. The van der Waals surface area contributed by atoms with Crippen LogP contribution < -0.4 is 0 Å². The van der Waals surface area contributed by atoms with E-state index in [9.17, 15) is 4.79 Å². The van der Waals surface area contributed by atoms with Crippen LogP contribution in [0.1, 0.15) is 55.8 Å². The monoisotopic (exact) mass is 427 g/mol. The number of carbonyl (C=O) groups excluding carboxylic acids is 1. The quantitative estimate of drug-likeness (QED) is 0.509. The van der Waals surface area contributed by atoms with Crippen LogP contribution in [0.2, 0.25) is 5.02 Å². The summed E-state index contributed by atoms with van der Waals surface area (Å²) in [6, 6.07) is 17.5. The summed E-state index contributed by atoms with van der Waals surface area (Å²) in [6.45, 7) is 9.34. The fraction of sp³-hybridized carbons (Fsp3) is 0.480. The third-order valence-corrected chi connectivity index (χ3v) is 7.60. The Hall–Kier alpha value is -1.88. The Bertz CT molecular complexity index is 930. The second-order valence-electron chi connectivity index (χ2n) is 9.66. The lowest BCUT2D eigenvalue weighted by Gasteiger charge is -2.53. The van der Waals surface area contributed by atoms with Crippen LogP contribution >= 0.6 is 11.6 Å². The standard InChI is InChI=1S/C25H32ClN2O2/c1-18(29)30-17-28(4)13-12-27(16-25(28,2)3)24-15-22(19-8-6-5-7-9-19)21-11-10-20(26)14-23(21)24/h5-11,14,22,24H,12-13,15-17H2,1-4H3/q+1/t22-,24+,28-/m0/s1. The summed E-state index contributed by atoms with van der Waals surface area (Å²) < 4.78 is 6.16. The first-order valence-corrected chi connectivity index (χ1v) is 11.1. The number of rotatable bonds is 4.